The second-order valence-corrected chi connectivity index (χ2v) is 12.5. The van der Waals surface area contributed by atoms with E-state index < -0.39 is 5.97 Å². The highest BCUT2D eigenvalue weighted by Crippen LogP contribution is 2.47. The van der Waals surface area contributed by atoms with Crippen LogP contribution in [0.5, 0.6) is 0 Å². The molecular formula is C36H49N2O8S+. The van der Waals surface area contributed by atoms with E-state index in [1.165, 1.54) is 27.2 Å². The number of aromatic nitrogens is 1. The quantitative estimate of drug-likeness (QED) is 0.109. The Labute approximate surface area is 282 Å². The summed E-state index contributed by atoms with van der Waals surface area (Å²) in [7, 11) is 1.66. The van der Waals surface area contributed by atoms with Gasteiger partial charge >= 0.3 is 5.97 Å². The van der Waals surface area contributed by atoms with Gasteiger partial charge in [0.25, 0.3) is 5.01 Å². The van der Waals surface area contributed by atoms with Gasteiger partial charge in [0.2, 0.25) is 5.52 Å². The van der Waals surface area contributed by atoms with Crippen LogP contribution in [0.3, 0.4) is 0 Å². The van der Waals surface area contributed by atoms with Gasteiger partial charge in [0.15, 0.2) is 6.54 Å². The van der Waals surface area contributed by atoms with E-state index in [2.05, 4.69) is 90.1 Å². The van der Waals surface area contributed by atoms with Crippen LogP contribution in [0.2, 0.25) is 0 Å². The van der Waals surface area contributed by atoms with Gasteiger partial charge in [-0.2, -0.15) is 4.57 Å². The van der Waals surface area contributed by atoms with Crippen LogP contribution in [0.1, 0.15) is 30.8 Å². The summed E-state index contributed by atoms with van der Waals surface area (Å²) in [6.07, 6.45) is 6.56. The zero-order valence-corrected chi connectivity index (χ0v) is 28.7. The molecule has 1 N–H and O–H groups in total. The zero-order chi connectivity index (χ0) is 33.3. The lowest BCUT2D eigenvalue weighted by Gasteiger charge is -2.27. The Kier molecular flexibility index (Phi) is 15.3. The van der Waals surface area contributed by atoms with Crippen molar-refractivity contribution in [3.05, 3.63) is 77.0 Å². The largest absolute Gasteiger partial charge is 0.481 e. The number of nitrogens with zero attached hydrogens (tertiary/aromatic N) is 2. The van der Waals surface area contributed by atoms with Crippen molar-refractivity contribution in [2.24, 2.45) is 0 Å². The van der Waals surface area contributed by atoms with E-state index in [1.54, 1.807) is 18.4 Å². The number of rotatable bonds is 23. The molecule has 10 nitrogen and oxygen atoms in total. The highest BCUT2D eigenvalue weighted by Gasteiger charge is 2.39. The van der Waals surface area contributed by atoms with Gasteiger partial charge in [-0.15, -0.1) is 0 Å². The highest BCUT2D eigenvalue weighted by molar-refractivity contribution is 7.18. The van der Waals surface area contributed by atoms with E-state index in [0.717, 1.165) is 11.6 Å². The first-order valence-electron chi connectivity index (χ1n) is 16.2. The van der Waals surface area contributed by atoms with Crippen LogP contribution in [0.25, 0.3) is 16.3 Å². The van der Waals surface area contributed by atoms with Gasteiger partial charge in [-0.1, -0.05) is 61.6 Å². The summed E-state index contributed by atoms with van der Waals surface area (Å²) in [6, 6.07) is 17.0. The third-order valence-electron chi connectivity index (χ3n) is 7.86. The lowest BCUT2D eigenvalue weighted by atomic mass is 9.84. The molecule has 0 unspecified atom stereocenters. The molecule has 0 saturated heterocycles. The molecule has 1 aliphatic rings. The number of carbonyl (C=O) groups is 1. The van der Waals surface area contributed by atoms with Crippen LogP contribution in [0, 0.1) is 0 Å². The van der Waals surface area contributed by atoms with Gasteiger partial charge in [-0.05, 0) is 23.8 Å². The number of para-hydroxylation sites is 2. The molecule has 0 aliphatic carbocycles. The molecular weight excluding hydrogens is 620 g/mol. The maximum atomic E-state index is 10.6. The Bertz CT molecular complexity index is 1450. The Morgan fingerprint density at radius 3 is 2.17 bits per heavy atom. The molecule has 0 amide bonds. The number of hydrogen-bond donors (Lipinski definition) is 1. The molecule has 0 saturated carbocycles. The fourth-order valence-corrected chi connectivity index (χ4v) is 6.59. The minimum Gasteiger partial charge on any atom is -0.481 e. The van der Waals surface area contributed by atoms with Crippen molar-refractivity contribution >= 4 is 39.3 Å². The maximum Gasteiger partial charge on any atom is 0.305 e. The second kappa shape index (κ2) is 19.6. The first kappa shape index (κ1) is 36.7. The minimum atomic E-state index is -0.862. The molecule has 0 bridgehead atoms. The zero-order valence-electron chi connectivity index (χ0n) is 27.9. The molecule has 11 heteroatoms. The summed E-state index contributed by atoms with van der Waals surface area (Å²) in [5.41, 5.74) is 4.75. The number of anilines is 1. The van der Waals surface area contributed by atoms with Crippen LogP contribution in [0.15, 0.2) is 66.4 Å². The summed E-state index contributed by atoms with van der Waals surface area (Å²) < 4.78 is 36.6. The Balaban J connectivity index is 1.36. The number of fused-ring (bicyclic) bond motifs is 2. The van der Waals surface area contributed by atoms with E-state index >= 15 is 0 Å². The number of allylic oxidation sites excluding steroid dienone is 3. The Morgan fingerprint density at radius 2 is 1.45 bits per heavy atom. The molecule has 0 fully saturated rings. The number of benzene rings is 2. The number of hydrogen-bond acceptors (Lipinski definition) is 9. The van der Waals surface area contributed by atoms with Crippen molar-refractivity contribution in [1.82, 2.24) is 0 Å². The molecule has 2 heterocycles. The van der Waals surface area contributed by atoms with E-state index in [-0.39, 0.29) is 18.4 Å². The van der Waals surface area contributed by atoms with Gasteiger partial charge in [-0.3, -0.25) is 4.79 Å². The standard InChI is InChI=1S/C36H48N2O8S/c1-36(2)29-9-4-5-10-30(29)37(16-19-43-25-26-46-28-27-45-22-21-41-3)33(36)13-8-14-34-38(31-11-6-7-12-32(31)47-34)17-20-44-24-23-42-18-15-35(39)40/h4-14H,15-28H2,1-3H3/p+1. The third-order valence-corrected chi connectivity index (χ3v) is 8.99. The van der Waals surface area contributed by atoms with Crippen molar-refractivity contribution in [2.75, 3.05) is 91.2 Å². The second-order valence-electron chi connectivity index (χ2n) is 11.5. The summed E-state index contributed by atoms with van der Waals surface area (Å²) >= 11 is 1.75. The molecule has 2 aromatic carbocycles. The smallest absolute Gasteiger partial charge is 0.305 e. The van der Waals surface area contributed by atoms with Gasteiger partial charge in [0.05, 0.1) is 72.5 Å². The molecule has 256 valence electrons. The minimum absolute atomic E-state index is 0.0000701. The molecule has 0 atom stereocenters. The predicted molar refractivity (Wildman–Crippen MR) is 184 cm³/mol. The van der Waals surface area contributed by atoms with Crippen molar-refractivity contribution in [3.63, 3.8) is 0 Å². The van der Waals surface area contributed by atoms with Gasteiger partial charge < -0.3 is 38.4 Å². The first-order valence-corrected chi connectivity index (χ1v) is 17.0. The van der Waals surface area contributed by atoms with E-state index in [1.807, 2.05) is 0 Å². The van der Waals surface area contributed by atoms with E-state index in [9.17, 15) is 4.79 Å². The fraction of sp³-hybridized carbons (Fsp3) is 0.500. The van der Waals surface area contributed by atoms with Crippen LogP contribution in [-0.2, 0) is 45.2 Å². The number of carboxylic acid groups (broad SMARTS) is 1. The van der Waals surface area contributed by atoms with Gasteiger partial charge in [-0.25, -0.2) is 0 Å². The number of aliphatic carboxylic acids is 1. The normalized spacial score (nSPS) is 15.0. The monoisotopic (exact) mass is 669 g/mol. The van der Waals surface area contributed by atoms with Crippen LogP contribution in [-0.4, -0.2) is 97.4 Å². The lowest BCUT2D eigenvalue weighted by Crippen LogP contribution is -2.37. The SMILES string of the molecule is COCCOCCOCCOCCN1C(=CC=Cc2sc3ccccc3[n+]2CCOCCOCCC(=O)O)C(C)(C)c2ccccc21. The van der Waals surface area contributed by atoms with Crippen molar-refractivity contribution in [3.8, 4) is 0 Å². The topological polar surface area (TPSA) is 99.8 Å². The number of carboxylic acids is 1. The summed E-state index contributed by atoms with van der Waals surface area (Å²) in [5.74, 6) is -0.862. The molecule has 0 spiro atoms. The van der Waals surface area contributed by atoms with E-state index in [4.69, 9.17) is 33.5 Å². The highest BCUT2D eigenvalue weighted by atomic mass is 32.1. The van der Waals surface area contributed by atoms with Gasteiger partial charge in [0, 0.05) is 42.6 Å². The van der Waals surface area contributed by atoms with Crippen LogP contribution < -0.4 is 9.47 Å². The average Bonchev–Trinajstić information content (AvgIpc) is 3.52. The number of methoxy groups -OCH3 is 1. The predicted octanol–water partition coefficient (Wildman–Crippen LogP) is 5.09. The first-order chi connectivity index (χ1) is 22.9. The molecule has 47 heavy (non-hydrogen) atoms. The van der Waals surface area contributed by atoms with Crippen molar-refractivity contribution < 1.29 is 42.9 Å². The lowest BCUT2D eigenvalue weighted by molar-refractivity contribution is -0.670. The Morgan fingerprint density at radius 1 is 0.830 bits per heavy atom. The summed E-state index contributed by atoms with van der Waals surface area (Å²) in [6.45, 7) is 11.4. The maximum absolute atomic E-state index is 10.6. The summed E-state index contributed by atoms with van der Waals surface area (Å²) in [5, 5.41) is 9.87. The third kappa shape index (κ3) is 10.9. The molecule has 1 aromatic heterocycles. The van der Waals surface area contributed by atoms with Crippen molar-refractivity contribution in [1.29, 1.82) is 0 Å². The summed E-state index contributed by atoms with van der Waals surface area (Å²) in [4.78, 5) is 13.0. The van der Waals surface area contributed by atoms with E-state index in [0.29, 0.717) is 72.6 Å². The van der Waals surface area contributed by atoms with Crippen LogP contribution >= 0.6 is 11.3 Å². The van der Waals surface area contributed by atoms with Crippen molar-refractivity contribution in [2.45, 2.75) is 32.2 Å². The van der Waals surface area contributed by atoms with Crippen LogP contribution in [0.4, 0.5) is 5.69 Å². The fourth-order valence-electron chi connectivity index (χ4n) is 5.49. The molecule has 4 rings (SSSR count). The molecule has 1 aliphatic heterocycles. The number of thiazole rings is 1. The van der Waals surface area contributed by atoms with Gasteiger partial charge in [0.1, 0.15) is 11.3 Å². The number of ether oxygens (including phenoxy) is 6. The molecule has 3 aromatic rings. The molecule has 0 radical (unpaired) electrons. The Hall–Kier alpha value is -3.16. The average molecular weight is 670 g/mol.